The summed E-state index contributed by atoms with van der Waals surface area (Å²) < 4.78 is 41.6. The number of carbonyl (C=O) groups excluding carboxylic acids is 1. The number of anilines is 1. The van der Waals surface area contributed by atoms with Crippen LogP contribution in [0.15, 0.2) is 75.4 Å². The highest BCUT2D eigenvalue weighted by Gasteiger charge is 2.20. The summed E-state index contributed by atoms with van der Waals surface area (Å²) in [4.78, 5) is 17.2. The van der Waals surface area contributed by atoms with Crippen LogP contribution in [0.2, 0.25) is 0 Å². The number of rotatable bonds is 6. The summed E-state index contributed by atoms with van der Waals surface area (Å²) in [5.74, 6) is 0.684. The molecule has 3 heterocycles. The number of fused-ring (bicyclic) bond motifs is 1. The molecule has 1 aliphatic heterocycles. The zero-order valence-corrected chi connectivity index (χ0v) is 18.8. The molecule has 1 amide bonds. The summed E-state index contributed by atoms with van der Waals surface area (Å²) >= 11 is 1.27. The maximum absolute atomic E-state index is 12.6. The maximum Gasteiger partial charge on any atom is 0.293 e. The van der Waals surface area contributed by atoms with Crippen molar-refractivity contribution in [3.05, 3.63) is 77.6 Å². The molecule has 168 valence electrons. The zero-order chi connectivity index (χ0) is 22.8. The minimum absolute atomic E-state index is 0.00402. The van der Waals surface area contributed by atoms with E-state index < -0.39 is 15.7 Å². The van der Waals surface area contributed by atoms with Crippen molar-refractivity contribution in [2.45, 2.75) is 10.6 Å². The van der Waals surface area contributed by atoms with Gasteiger partial charge in [-0.1, -0.05) is 18.2 Å². The van der Waals surface area contributed by atoms with Gasteiger partial charge in [0.15, 0.2) is 32.2 Å². The number of benzene rings is 2. The lowest BCUT2D eigenvalue weighted by molar-refractivity contribution is 0.0995. The predicted octanol–water partition coefficient (Wildman–Crippen LogP) is 4.40. The number of ether oxygens (including phenoxy) is 2. The van der Waals surface area contributed by atoms with Crippen molar-refractivity contribution in [3.63, 3.8) is 0 Å². The topological polar surface area (TPSA) is 108 Å². The number of hydrogen-bond donors (Lipinski definition) is 1. The highest BCUT2D eigenvalue weighted by atomic mass is 32.2. The van der Waals surface area contributed by atoms with Crippen LogP contribution in [0.4, 0.5) is 5.13 Å². The van der Waals surface area contributed by atoms with Gasteiger partial charge in [0, 0.05) is 10.9 Å². The number of carbonyl (C=O) groups is 1. The molecule has 0 spiro atoms. The normalized spacial score (nSPS) is 13.0. The third kappa shape index (κ3) is 4.62. The predicted molar refractivity (Wildman–Crippen MR) is 123 cm³/mol. The fourth-order valence-corrected chi connectivity index (χ4v) is 5.28. The van der Waals surface area contributed by atoms with Crippen molar-refractivity contribution in [3.8, 4) is 22.8 Å². The maximum atomic E-state index is 12.6. The highest BCUT2D eigenvalue weighted by Crippen LogP contribution is 2.35. The number of sulfone groups is 1. The first-order valence-electron chi connectivity index (χ1n) is 10.0. The summed E-state index contributed by atoms with van der Waals surface area (Å²) in [6.45, 7) is 1.01. The minimum Gasteiger partial charge on any atom is -0.486 e. The molecule has 33 heavy (non-hydrogen) atoms. The molecule has 5 rings (SSSR count). The van der Waals surface area contributed by atoms with E-state index in [-0.39, 0.29) is 22.2 Å². The summed E-state index contributed by atoms with van der Waals surface area (Å²) in [5.41, 5.74) is 1.52. The van der Waals surface area contributed by atoms with Crippen LogP contribution in [-0.4, -0.2) is 32.5 Å². The Bertz CT molecular complexity index is 1410. The van der Waals surface area contributed by atoms with Crippen LogP contribution < -0.4 is 14.8 Å². The van der Waals surface area contributed by atoms with Crippen LogP contribution in [0, 0.1) is 0 Å². The molecular weight excluding hydrogens is 464 g/mol. The van der Waals surface area contributed by atoms with Crippen molar-refractivity contribution in [1.29, 1.82) is 0 Å². The lowest BCUT2D eigenvalue weighted by Crippen LogP contribution is -2.15. The number of amides is 1. The summed E-state index contributed by atoms with van der Waals surface area (Å²) in [5, 5.41) is 4.90. The van der Waals surface area contributed by atoms with E-state index in [0.29, 0.717) is 35.5 Å². The van der Waals surface area contributed by atoms with Gasteiger partial charge in [0.2, 0.25) is 0 Å². The average molecular weight is 483 g/mol. The van der Waals surface area contributed by atoms with Crippen molar-refractivity contribution in [2.75, 3.05) is 18.5 Å². The van der Waals surface area contributed by atoms with E-state index in [1.807, 2.05) is 23.6 Å². The van der Waals surface area contributed by atoms with Gasteiger partial charge in [-0.3, -0.25) is 10.1 Å². The molecule has 0 saturated carbocycles. The van der Waals surface area contributed by atoms with Gasteiger partial charge in [0.25, 0.3) is 5.91 Å². The fourth-order valence-electron chi connectivity index (χ4n) is 3.30. The Morgan fingerprint density at radius 3 is 2.61 bits per heavy atom. The Hall–Kier alpha value is -3.63. The number of nitrogens with zero attached hydrogens (tertiary/aromatic N) is 1. The van der Waals surface area contributed by atoms with E-state index in [2.05, 4.69) is 10.3 Å². The molecule has 0 unspecified atom stereocenters. The van der Waals surface area contributed by atoms with Crippen LogP contribution in [0.1, 0.15) is 16.3 Å². The SMILES string of the molecule is O=C(Nc1nc(-c2ccc3c(c2)OCCO3)cs1)c1ccc(CS(=O)(=O)c2ccccc2)o1. The molecule has 1 aliphatic rings. The first-order valence-corrected chi connectivity index (χ1v) is 12.5. The number of nitrogens with one attached hydrogen (secondary N) is 1. The third-order valence-electron chi connectivity index (χ3n) is 4.88. The van der Waals surface area contributed by atoms with Crippen molar-refractivity contribution >= 4 is 32.2 Å². The van der Waals surface area contributed by atoms with E-state index in [0.717, 1.165) is 5.56 Å². The molecule has 0 fully saturated rings. The van der Waals surface area contributed by atoms with Gasteiger partial charge in [-0.25, -0.2) is 13.4 Å². The van der Waals surface area contributed by atoms with Crippen molar-refractivity contribution in [1.82, 2.24) is 4.98 Å². The fraction of sp³-hybridized carbons (Fsp3) is 0.130. The van der Waals surface area contributed by atoms with Gasteiger partial charge in [-0.05, 0) is 42.5 Å². The van der Waals surface area contributed by atoms with Gasteiger partial charge in [0.05, 0.1) is 10.6 Å². The van der Waals surface area contributed by atoms with Gasteiger partial charge >= 0.3 is 0 Å². The Morgan fingerprint density at radius 1 is 1.00 bits per heavy atom. The first kappa shape index (κ1) is 21.2. The van der Waals surface area contributed by atoms with Crippen molar-refractivity contribution < 1.29 is 27.1 Å². The molecular formula is C23H18N2O6S2. The lowest BCUT2D eigenvalue weighted by atomic mass is 10.1. The molecule has 2 aromatic heterocycles. The monoisotopic (exact) mass is 482 g/mol. The Kier molecular flexibility index (Phi) is 5.61. The second-order valence-electron chi connectivity index (χ2n) is 7.19. The molecule has 0 aliphatic carbocycles. The molecule has 1 N–H and O–H groups in total. The number of aromatic nitrogens is 1. The standard InChI is InChI=1S/C23H18N2O6S2/c26-22(20-9-7-16(31-20)14-33(27,28)17-4-2-1-3-5-17)25-23-24-18(13-32-23)15-6-8-19-21(12-15)30-11-10-29-19/h1-9,12-13H,10-11,14H2,(H,24,25,26). The van der Waals surface area contributed by atoms with Crippen LogP contribution >= 0.6 is 11.3 Å². The van der Waals surface area contributed by atoms with Crippen LogP contribution in [-0.2, 0) is 15.6 Å². The van der Waals surface area contributed by atoms with Crippen LogP contribution in [0.3, 0.4) is 0 Å². The Labute approximate surface area is 193 Å². The summed E-state index contributed by atoms with van der Waals surface area (Å²) in [6.07, 6.45) is 0. The number of furan rings is 1. The van der Waals surface area contributed by atoms with Gasteiger partial charge in [-0.15, -0.1) is 11.3 Å². The van der Waals surface area contributed by atoms with Gasteiger partial charge < -0.3 is 13.9 Å². The molecule has 4 aromatic rings. The van der Waals surface area contributed by atoms with Gasteiger partial charge in [0.1, 0.15) is 24.7 Å². The molecule has 0 radical (unpaired) electrons. The van der Waals surface area contributed by atoms with E-state index in [4.69, 9.17) is 13.9 Å². The second-order valence-corrected chi connectivity index (χ2v) is 10.0. The second kappa shape index (κ2) is 8.72. The third-order valence-corrected chi connectivity index (χ3v) is 7.30. The lowest BCUT2D eigenvalue weighted by Gasteiger charge is -2.18. The number of thiazole rings is 1. The van der Waals surface area contributed by atoms with E-state index in [9.17, 15) is 13.2 Å². The van der Waals surface area contributed by atoms with E-state index in [1.165, 1.54) is 35.6 Å². The van der Waals surface area contributed by atoms with Crippen LogP contribution in [0.25, 0.3) is 11.3 Å². The highest BCUT2D eigenvalue weighted by molar-refractivity contribution is 7.90. The molecule has 0 saturated heterocycles. The molecule has 10 heteroatoms. The van der Waals surface area contributed by atoms with Crippen molar-refractivity contribution in [2.24, 2.45) is 0 Å². The molecule has 2 aromatic carbocycles. The summed E-state index contributed by atoms with van der Waals surface area (Å²) in [6, 6.07) is 16.6. The van der Waals surface area contributed by atoms with Crippen LogP contribution in [0.5, 0.6) is 11.5 Å². The Balaban J connectivity index is 1.27. The Morgan fingerprint density at radius 2 is 1.79 bits per heavy atom. The zero-order valence-electron chi connectivity index (χ0n) is 17.2. The van der Waals surface area contributed by atoms with E-state index >= 15 is 0 Å². The minimum atomic E-state index is -3.57. The average Bonchev–Trinajstić information content (AvgIpc) is 3.49. The number of hydrogen-bond acceptors (Lipinski definition) is 8. The quantitative estimate of drug-likeness (QED) is 0.434. The summed E-state index contributed by atoms with van der Waals surface area (Å²) in [7, 11) is -3.57. The largest absolute Gasteiger partial charge is 0.486 e. The van der Waals surface area contributed by atoms with E-state index in [1.54, 1.807) is 18.2 Å². The smallest absolute Gasteiger partial charge is 0.293 e. The molecule has 8 nitrogen and oxygen atoms in total. The molecule has 0 bridgehead atoms. The van der Waals surface area contributed by atoms with Gasteiger partial charge in [-0.2, -0.15) is 0 Å². The molecule has 0 atom stereocenters. The first-order chi connectivity index (χ1) is 16.0.